The highest BCUT2D eigenvalue weighted by atomic mass is 32.2. The predicted octanol–water partition coefficient (Wildman–Crippen LogP) is 4.13. The minimum Gasteiger partial charge on any atom is -0.391 e. The summed E-state index contributed by atoms with van der Waals surface area (Å²) in [6.45, 7) is 10.2. The molecule has 144 valence electrons. The van der Waals surface area contributed by atoms with Crippen molar-refractivity contribution in [2.45, 2.75) is 56.1 Å². The van der Waals surface area contributed by atoms with Crippen LogP contribution in [0.3, 0.4) is 0 Å². The number of pyridine rings is 1. The van der Waals surface area contributed by atoms with Crippen LogP contribution in [0.25, 0.3) is 0 Å². The fourth-order valence-corrected chi connectivity index (χ4v) is 4.92. The van der Waals surface area contributed by atoms with Gasteiger partial charge in [0, 0.05) is 16.3 Å². The maximum Gasteiger partial charge on any atom is 0.114 e. The Bertz CT molecular complexity index is 865. The van der Waals surface area contributed by atoms with Gasteiger partial charge in [-0.25, -0.2) is 4.98 Å². The van der Waals surface area contributed by atoms with E-state index in [9.17, 15) is 14.6 Å². The molecule has 0 aliphatic carbocycles. The molecule has 0 unspecified atom stereocenters. The third-order valence-corrected chi connectivity index (χ3v) is 6.77. The topological polar surface area (TPSA) is 74.0 Å². The van der Waals surface area contributed by atoms with Crippen LogP contribution in [0, 0.1) is 25.2 Å². The molecule has 1 aromatic carbocycles. The van der Waals surface area contributed by atoms with E-state index in [1.54, 1.807) is 0 Å². The second-order valence-corrected chi connectivity index (χ2v) is 10.1. The van der Waals surface area contributed by atoms with Crippen molar-refractivity contribution in [3.63, 3.8) is 0 Å². The van der Waals surface area contributed by atoms with Crippen molar-refractivity contribution in [2.75, 3.05) is 11.5 Å². The second kappa shape index (κ2) is 9.01. The highest BCUT2D eigenvalue weighted by Crippen LogP contribution is 2.25. The monoisotopic (exact) mass is 402 g/mol. The minimum absolute atomic E-state index is 0.0492. The van der Waals surface area contributed by atoms with Crippen LogP contribution in [-0.4, -0.2) is 31.9 Å². The number of aliphatic hydroxyl groups is 1. The molecule has 27 heavy (non-hydrogen) atoms. The molecule has 1 heterocycles. The fraction of sp³-hybridized carbons (Fsp3) is 0.429. The van der Waals surface area contributed by atoms with Gasteiger partial charge < -0.3 is 5.11 Å². The summed E-state index contributed by atoms with van der Waals surface area (Å²) in [5.74, 6) is 0.505. The Morgan fingerprint density at radius 3 is 2.44 bits per heavy atom. The van der Waals surface area contributed by atoms with Crippen molar-refractivity contribution >= 4 is 22.6 Å². The van der Waals surface area contributed by atoms with Gasteiger partial charge in [-0.1, -0.05) is 32.9 Å². The lowest BCUT2D eigenvalue weighted by molar-refractivity contribution is 0.224. The first-order valence-electron chi connectivity index (χ1n) is 8.80. The first-order chi connectivity index (χ1) is 12.6. The van der Waals surface area contributed by atoms with Gasteiger partial charge in [-0.3, -0.25) is 4.21 Å². The van der Waals surface area contributed by atoms with Gasteiger partial charge in [0.25, 0.3) is 0 Å². The number of thioether (sulfide) groups is 1. The van der Waals surface area contributed by atoms with E-state index in [0.717, 1.165) is 11.3 Å². The van der Waals surface area contributed by atoms with E-state index in [1.165, 1.54) is 17.3 Å². The van der Waals surface area contributed by atoms with Gasteiger partial charge in [-0.05, 0) is 48.6 Å². The zero-order valence-corrected chi connectivity index (χ0v) is 18.1. The molecule has 0 saturated carbocycles. The summed E-state index contributed by atoms with van der Waals surface area (Å²) in [4.78, 5) is 5.12. The van der Waals surface area contributed by atoms with E-state index < -0.39 is 16.9 Å². The highest BCUT2D eigenvalue weighted by Gasteiger charge is 2.17. The molecular weight excluding hydrogens is 376 g/mol. The predicted molar refractivity (Wildman–Crippen MR) is 112 cm³/mol. The number of rotatable bonds is 6. The number of hydrogen-bond donors (Lipinski definition) is 1. The van der Waals surface area contributed by atoms with E-state index in [0.29, 0.717) is 21.2 Å². The van der Waals surface area contributed by atoms with E-state index in [4.69, 9.17) is 0 Å². The summed E-state index contributed by atoms with van der Waals surface area (Å²) in [5, 5.41) is 20.2. The molecule has 0 bridgehead atoms. The summed E-state index contributed by atoms with van der Waals surface area (Å²) in [5.41, 5.74) is 3.49. The summed E-state index contributed by atoms with van der Waals surface area (Å²) in [7, 11) is -1.27. The average molecular weight is 403 g/mol. The molecule has 2 atom stereocenters. The molecule has 0 radical (unpaired) electrons. The average Bonchev–Trinajstić information content (AvgIpc) is 2.59. The van der Waals surface area contributed by atoms with Crippen LogP contribution >= 0.6 is 11.8 Å². The van der Waals surface area contributed by atoms with E-state index in [1.807, 2.05) is 44.2 Å². The molecule has 0 aliphatic heterocycles. The van der Waals surface area contributed by atoms with E-state index in [2.05, 4.69) is 31.8 Å². The fourth-order valence-electron chi connectivity index (χ4n) is 2.64. The Labute approximate surface area is 168 Å². The molecule has 1 aromatic heterocycles. The molecule has 1 N–H and O–H groups in total. The first-order valence-corrected chi connectivity index (χ1v) is 11.1. The Morgan fingerprint density at radius 2 is 1.89 bits per heavy atom. The van der Waals surface area contributed by atoms with Crippen LogP contribution in [0.1, 0.15) is 43.2 Å². The number of aromatic nitrogens is 1. The van der Waals surface area contributed by atoms with Crippen molar-refractivity contribution in [3.8, 4) is 6.07 Å². The minimum atomic E-state index is -1.27. The van der Waals surface area contributed by atoms with Crippen molar-refractivity contribution in [3.05, 3.63) is 52.7 Å². The molecule has 0 spiro atoms. The zero-order valence-electron chi connectivity index (χ0n) is 16.4. The third-order valence-electron chi connectivity index (χ3n) is 4.16. The van der Waals surface area contributed by atoms with Crippen LogP contribution in [0.2, 0.25) is 0 Å². The van der Waals surface area contributed by atoms with E-state index >= 15 is 0 Å². The number of hydrogen-bond acceptors (Lipinski definition) is 5. The molecule has 0 fully saturated rings. The van der Waals surface area contributed by atoms with Gasteiger partial charge in [0.05, 0.1) is 28.2 Å². The van der Waals surface area contributed by atoms with Gasteiger partial charge in [0.2, 0.25) is 0 Å². The maximum atomic E-state index is 12.5. The molecule has 0 aliphatic rings. The zero-order chi connectivity index (χ0) is 20.2. The number of nitriles is 1. The summed E-state index contributed by atoms with van der Waals surface area (Å²) in [6, 6.07) is 11.8. The number of aryl methyl sites for hydroxylation is 2. The molecule has 2 rings (SSSR count). The van der Waals surface area contributed by atoms with Crippen LogP contribution in [0.4, 0.5) is 0 Å². The van der Waals surface area contributed by atoms with Gasteiger partial charge >= 0.3 is 0 Å². The Morgan fingerprint density at radius 1 is 1.26 bits per heavy atom. The lowest BCUT2D eigenvalue weighted by Crippen LogP contribution is -2.20. The maximum absolute atomic E-state index is 12.5. The molecule has 2 aromatic rings. The Hall–Kier alpha value is -1.68. The number of benzene rings is 1. The van der Waals surface area contributed by atoms with Crippen LogP contribution < -0.4 is 0 Å². The number of nitrogens with zero attached hydrogens (tertiary/aromatic N) is 2. The molecule has 4 nitrogen and oxygen atoms in total. The standard InChI is InChI=1S/C21H26N2O2S2/c1-14-10-15(2)23-20(19(14)11-22)26-12-17(24)13-27(25)18-8-6-16(7-9-18)21(3,4)5/h6-10,17,24H,12-13H2,1-5H3/t17-,27-/m1/s1. The highest BCUT2D eigenvalue weighted by molar-refractivity contribution is 7.99. The Balaban J connectivity index is 1.99. The molecule has 0 saturated heterocycles. The van der Waals surface area contributed by atoms with Gasteiger partial charge in [-0.15, -0.1) is 11.8 Å². The van der Waals surface area contributed by atoms with Crippen molar-refractivity contribution in [2.24, 2.45) is 0 Å². The lowest BCUT2D eigenvalue weighted by Gasteiger charge is -2.19. The van der Waals surface area contributed by atoms with E-state index in [-0.39, 0.29) is 11.2 Å². The van der Waals surface area contributed by atoms with Crippen molar-refractivity contribution in [1.82, 2.24) is 4.98 Å². The summed E-state index contributed by atoms with van der Waals surface area (Å²) in [6.07, 6.45) is -0.743. The molecule has 6 heteroatoms. The molecular formula is C21H26N2O2S2. The largest absolute Gasteiger partial charge is 0.391 e. The van der Waals surface area contributed by atoms with Crippen molar-refractivity contribution < 1.29 is 9.32 Å². The van der Waals surface area contributed by atoms with Gasteiger partial charge in [0.15, 0.2) is 0 Å². The smallest absolute Gasteiger partial charge is 0.114 e. The van der Waals surface area contributed by atoms with Gasteiger partial charge in [-0.2, -0.15) is 5.26 Å². The first kappa shape index (κ1) is 21.6. The lowest BCUT2D eigenvalue weighted by atomic mass is 9.87. The third kappa shape index (κ3) is 5.90. The van der Waals surface area contributed by atoms with Crippen LogP contribution in [0.5, 0.6) is 0 Å². The van der Waals surface area contributed by atoms with Gasteiger partial charge in [0.1, 0.15) is 11.1 Å². The Kier molecular flexibility index (Phi) is 7.21. The quantitative estimate of drug-likeness (QED) is 0.736. The normalized spacial score (nSPS) is 13.8. The molecule has 0 amide bonds. The van der Waals surface area contributed by atoms with Crippen molar-refractivity contribution in [1.29, 1.82) is 5.26 Å². The van der Waals surface area contributed by atoms with Crippen LogP contribution in [-0.2, 0) is 16.2 Å². The second-order valence-electron chi connectivity index (χ2n) is 7.62. The van der Waals surface area contributed by atoms with Crippen LogP contribution in [0.15, 0.2) is 40.3 Å². The summed E-state index contributed by atoms with van der Waals surface area (Å²) >= 11 is 1.33. The summed E-state index contributed by atoms with van der Waals surface area (Å²) < 4.78 is 12.5. The SMILES string of the molecule is Cc1cc(C)c(C#N)c(SC[C@@H](O)C[S@@](=O)c2ccc(C(C)(C)C)cc2)n1. The number of aliphatic hydroxyl groups excluding tert-OH is 1.